The van der Waals surface area contributed by atoms with Crippen molar-refractivity contribution in [1.82, 2.24) is 25.1 Å². The number of likely N-dealkylation sites (tertiary alicyclic amines) is 1. The van der Waals surface area contributed by atoms with E-state index in [1.54, 1.807) is 6.07 Å². The fraction of sp³-hybridized carbons (Fsp3) is 0.385. The first-order valence-corrected chi connectivity index (χ1v) is 12.2. The summed E-state index contributed by atoms with van der Waals surface area (Å²) in [5.74, 6) is -1.09. The lowest BCUT2D eigenvalue weighted by Crippen LogP contribution is -2.52. The van der Waals surface area contributed by atoms with E-state index in [4.69, 9.17) is 0 Å². The van der Waals surface area contributed by atoms with Crippen molar-refractivity contribution < 1.29 is 23.2 Å². The summed E-state index contributed by atoms with van der Waals surface area (Å²) in [5, 5.41) is 2.30. The van der Waals surface area contributed by atoms with Crippen LogP contribution >= 0.6 is 0 Å². The zero-order valence-electron chi connectivity index (χ0n) is 19.5. The Morgan fingerprint density at radius 1 is 1.00 bits per heavy atom. The number of aromatic nitrogens is 2. The molecule has 0 bridgehead atoms. The van der Waals surface area contributed by atoms with Gasteiger partial charge in [0.2, 0.25) is 11.8 Å². The number of imidazole rings is 1. The minimum Gasteiger partial charge on any atom is -0.341 e. The Labute approximate surface area is 205 Å². The van der Waals surface area contributed by atoms with Crippen molar-refractivity contribution in [2.24, 2.45) is 0 Å². The third-order valence-electron chi connectivity index (χ3n) is 7.55. The van der Waals surface area contributed by atoms with Crippen molar-refractivity contribution in [2.45, 2.75) is 50.7 Å². The molecule has 8 nitrogen and oxygen atoms in total. The SMILES string of the molecule is O=C1CCC(N2Cc3c(cc(F)cc3C3CCN(Cc4nc5ccc(F)cc5[nH]4)CC3)C2=O)C(=O)N1. The van der Waals surface area contributed by atoms with E-state index in [0.29, 0.717) is 17.6 Å². The summed E-state index contributed by atoms with van der Waals surface area (Å²) in [5.41, 5.74) is 3.31. The van der Waals surface area contributed by atoms with Crippen LogP contribution in [-0.2, 0) is 22.7 Å². The molecule has 0 spiro atoms. The first kappa shape index (κ1) is 22.8. The first-order chi connectivity index (χ1) is 17.4. The van der Waals surface area contributed by atoms with Crippen molar-refractivity contribution in [2.75, 3.05) is 13.1 Å². The number of benzene rings is 2. The molecule has 0 radical (unpaired) electrons. The van der Waals surface area contributed by atoms with E-state index in [9.17, 15) is 23.2 Å². The molecule has 3 aliphatic rings. The number of nitrogens with zero attached hydrogens (tertiary/aromatic N) is 3. The monoisotopic (exact) mass is 493 g/mol. The second-order valence-corrected chi connectivity index (χ2v) is 9.82. The number of fused-ring (bicyclic) bond motifs is 2. The highest BCUT2D eigenvalue weighted by atomic mass is 19.1. The van der Waals surface area contributed by atoms with Gasteiger partial charge in [0, 0.05) is 18.5 Å². The van der Waals surface area contributed by atoms with Gasteiger partial charge in [-0.15, -0.1) is 0 Å². The molecule has 10 heteroatoms. The standard InChI is InChI=1S/C26H25F2N5O3/c27-15-1-2-20-21(11-15)30-23(29-20)13-32-7-5-14(6-8-32)17-9-16(28)10-18-19(17)12-33(26(18)36)22-3-4-24(34)31-25(22)35/h1-2,9-11,14,22H,3-8,12-13H2,(H,29,30)(H,31,34,35). The van der Waals surface area contributed by atoms with Crippen molar-refractivity contribution >= 4 is 28.8 Å². The van der Waals surface area contributed by atoms with Crippen LogP contribution in [0.1, 0.15) is 58.9 Å². The maximum absolute atomic E-state index is 14.6. The predicted molar refractivity (Wildman–Crippen MR) is 126 cm³/mol. The molecule has 2 N–H and O–H groups in total. The molecule has 3 amide bonds. The number of hydrogen-bond donors (Lipinski definition) is 2. The number of carbonyl (C=O) groups is 3. The number of halogens is 2. The Morgan fingerprint density at radius 2 is 1.81 bits per heavy atom. The molecule has 0 aliphatic carbocycles. The van der Waals surface area contributed by atoms with Crippen molar-refractivity contribution in [3.8, 4) is 0 Å². The van der Waals surface area contributed by atoms with Crippen molar-refractivity contribution in [3.63, 3.8) is 0 Å². The zero-order chi connectivity index (χ0) is 25.0. The number of aromatic amines is 1. The highest BCUT2D eigenvalue weighted by molar-refractivity contribution is 6.05. The number of carbonyl (C=O) groups excluding carboxylic acids is 3. The topological polar surface area (TPSA) is 98.4 Å². The quantitative estimate of drug-likeness (QED) is 0.545. The van der Waals surface area contributed by atoms with Crippen LogP contribution in [0.4, 0.5) is 8.78 Å². The smallest absolute Gasteiger partial charge is 0.255 e. The summed E-state index contributed by atoms with van der Waals surface area (Å²) in [4.78, 5) is 48.5. The van der Waals surface area contributed by atoms with E-state index >= 15 is 0 Å². The van der Waals surface area contributed by atoms with E-state index in [-0.39, 0.29) is 42.9 Å². The summed E-state index contributed by atoms with van der Waals surface area (Å²) in [6.07, 6.45) is 2.03. The molecule has 1 aromatic heterocycles. The lowest BCUT2D eigenvalue weighted by Gasteiger charge is -2.32. The lowest BCUT2D eigenvalue weighted by atomic mass is 9.85. The number of piperidine rings is 2. The van der Waals surface area contributed by atoms with Gasteiger partial charge in [-0.25, -0.2) is 13.8 Å². The maximum Gasteiger partial charge on any atom is 0.255 e. The Bertz CT molecular complexity index is 1400. The Morgan fingerprint density at radius 3 is 2.58 bits per heavy atom. The molecule has 2 saturated heterocycles. The van der Waals surface area contributed by atoms with Gasteiger partial charge in [-0.2, -0.15) is 0 Å². The molecule has 2 fully saturated rings. The fourth-order valence-corrected chi connectivity index (χ4v) is 5.74. The first-order valence-electron chi connectivity index (χ1n) is 12.2. The number of hydrogen-bond acceptors (Lipinski definition) is 5. The van der Waals surface area contributed by atoms with Gasteiger partial charge >= 0.3 is 0 Å². The molecule has 3 aliphatic heterocycles. The minimum absolute atomic E-state index is 0.0879. The van der Waals surface area contributed by atoms with Crippen molar-refractivity contribution in [1.29, 1.82) is 0 Å². The van der Waals surface area contributed by atoms with Crippen LogP contribution in [0.5, 0.6) is 0 Å². The number of amides is 3. The van der Waals surface area contributed by atoms with Crippen LogP contribution in [0.15, 0.2) is 30.3 Å². The third kappa shape index (κ3) is 4.05. The Balaban J connectivity index is 1.16. The van der Waals surface area contributed by atoms with Gasteiger partial charge in [0.05, 0.1) is 17.6 Å². The van der Waals surface area contributed by atoms with Crippen LogP contribution in [0, 0.1) is 11.6 Å². The van der Waals surface area contributed by atoms with Gasteiger partial charge in [0.1, 0.15) is 23.5 Å². The normalized spacial score (nSPS) is 21.3. The van der Waals surface area contributed by atoms with Gasteiger partial charge in [-0.05, 0) is 79.7 Å². The van der Waals surface area contributed by atoms with Gasteiger partial charge < -0.3 is 9.88 Å². The third-order valence-corrected chi connectivity index (χ3v) is 7.55. The van der Waals surface area contributed by atoms with Gasteiger partial charge in [0.25, 0.3) is 5.91 Å². The molecule has 6 rings (SSSR count). The summed E-state index contributed by atoms with van der Waals surface area (Å²) >= 11 is 0. The summed E-state index contributed by atoms with van der Waals surface area (Å²) in [6, 6.07) is 6.53. The van der Waals surface area contributed by atoms with E-state index in [1.807, 2.05) is 0 Å². The Hall–Kier alpha value is -3.66. The Kier molecular flexibility index (Phi) is 5.55. The fourth-order valence-electron chi connectivity index (χ4n) is 5.74. The van der Waals surface area contributed by atoms with Crippen molar-refractivity contribution in [3.05, 3.63) is 64.5 Å². The molecular formula is C26H25F2N5O3. The van der Waals surface area contributed by atoms with E-state index in [0.717, 1.165) is 48.4 Å². The van der Waals surface area contributed by atoms with E-state index in [2.05, 4.69) is 20.2 Å². The van der Waals surface area contributed by atoms with Gasteiger partial charge in [0.15, 0.2) is 0 Å². The number of nitrogens with one attached hydrogen (secondary N) is 2. The molecular weight excluding hydrogens is 468 g/mol. The zero-order valence-corrected chi connectivity index (χ0v) is 19.5. The molecule has 2 aromatic carbocycles. The average molecular weight is 494 g/mol. The highest BCUT2D eigenvalue weighted by Crippen LogP contribution is 2.38. The second kappa shape index (κ2) is 8.77. The van der Waals surface area contributed by atoms with E-state index in [1.165, 1.54) is 29.2 Å². The second-order valence-electron chi connectivity index (χ2n) is 9.82. The van der Waals surface area contributed by atoms with Gasteiger partial charge in [-0.1, -0.05) is 0 Å². The number of H-pyrrole nitrogens is 1. The van der Waals surface area contributed by atoms with Crippen LogP contribution in [0.3, 0.4) is 0 Å². The molecule has 1 atom stereocenters. The van der Waals surface area contributed by atoms with Crippen LogP contribution < -0.4 is 5.32 Å². The lowest BCUT2D eigenvalue weighted by molar-refractivity contribution is -0.136. The predicted octanol–water partition coefficient (Wildman–Crippen LogP) is 2.98. The summed E-state index contributed by atoms with van der Waals surface area (Å²) in [7, 11) is 0. The van der Waals surface area contributed by atoms with E-state index < -0.39 is 17.8 Å². The van der Waals surface area contributed by atoms with Crippen LogP contribution in [0.2, 0.25) is 0 Å². The molecule has 36 heavy (non-hydrogen) atoms. The number of rotatable bonds is 4. The van der Waals surface area contributed by atoms with Gasteiger partial charge in [-0.3, -0.25) is 24.6 Å². The summed E-state index contributed by atoms with van der Waals surface area (Å²) in [6.45, 7) is 2.39. The molecule has 186 valence electrons. The molecule has 4 heterocycles. The van der Waals surface area contributed by atoms with Crippen LogP contribution in [-0.4, -0.2) is 56.6 Å². The number of imide groups is 1. The average Bonchev–Trinajstić information content (AvgIpc) is 3.39. The maximum atomic E-state index is 14.6. The summed E-state index contributed by atoms with van der Waals surface area (Å²) < 4.78 is 28.1. The minimum atomic E-state index is -0.724. The van der Waals surface area contributed by atoms with Crippen LogP contribution in [0.25, 0.3) is 11.0 Å². The molecule has 0 saturated carbocycles. The molecule has 1 unspecified atom stereocenters. The molecule has 3 aromatic rings. The largest absolute Gasteiger partial charge is 0.341 e. The highest BCUT2D eigenvalue weighted by Gasteiger charge is 2.41.